The maximum Gasteiger partial charge on any atom is 0.338 e. The Bertz CT molecular complexity index is 1080. The number of rotatable bonds is 7. The van der Waals surface area contributed by atoms with Crippen molar-refractivity contribution in [2.75, 3.05) is 26.1 Å². The first-order chi connectivity index (χ1) is 15.8. The van der Waals surface area contributed by atoms with Gasteiger partial charge in [0.25, 0.3) is 0 Å². The number of hydrogen-bond acceptors (Lipinski definition) is 8. The van der Waals surface area contributed by atoms with E-state index in [1.807, 2.05) is 0 Å². The van der Waals surface area contributed by atoms with Crippen LogP contribution in [0.15, 0.2) is 53.5 Å². The molecule has 172 valence electrons. The van der Waals surface area contributed by atoms with Crippen molar-refractivity contribution in [3.05, 3.63) is 59.7 Å². The Hall–Kier alpha value is -3.66. The number of thioether (sulfide) groups is 1. The van der Waals surface area contributed by atoms with Gasteiger partial charge in [-0.3, -0.25) is 14.5 Å². The molecule has 0 aliphatic carbocycles. The molecule has 2 aromatic carbocycles. The third-order valence-electron chi connectivity index (χ3n) is 4.70. The van der Waals surface area contributed by atoms with Gasteiger partial charge in [0.05, 0.1) is 30.5 Å². The van der Waals surface area contributed by atoms with Crippen molar-refractivity contribution in [2.45, 2.75) is 18.6 Å². The molecular weight excluding hydrogens is 446 g/mol. The summed E-state index contributed by atoms with van der Waals surface area (Å²) in [7, 11) is 2.89. The van der Waals surface area contributed by atoms with Crippen LogP contribution in [0.3, 0.4) is 0 Å². The number of ether oxygens (including phenoxy) is 2. The summed E-state index contributed by atoms with van der Waals surface area (Å²) in [6, 6.07) is 12.8. The van der Waals surface area contributed by atoms with Crippen molar-refractivity contribution in [1.29, 1.82) is 0 Å². The van der Waals surface area contributed by atoms with E-state index in [1.165, 1.54) is 23.8 Å². The molecule has 0 radical (unpaired) electrons. The van der Waals surface area contributed by atoms with Crippen LogP contribution in [0.5, 0.6) is 0 Å². The number of methoxy groups -OCH3 is 1. The highest BCUT2D eigenvalue weighted by molar-refractivity contribution is 8.15. The highest BCUT2D eigenvalue weighted by Gasteiger charge is 2.37. The molecule has 1 saturated heterocycles. The third-order valence-corrected chi connectivity index (χ3v) is 5.93. The summed E-state index contributed by atoms with van der Waals surface area (Å²) in [6.45, 7) is 2.03. The van der Waals surface area contributed by atoms with Crippen molar-refractivity contribution in [1.82, 2.24) is 4.90 Å². The summed E-state index contributed by atoms with van der Waals surface area (Å²) < 4.78 is 9.60. The quantitative estimate of drug-likeness (QED) is 0.619. The molecule has 1 aliphatic rings. The van der Waals surface area contributed by atoms with E-state index in [0.717, 1.165) is 0 Å². The molecule has 33 heavy (non-hydrogen) atoms. The molecule has 3 rings (SSSR count). The zero-order chi connectivity index (χ0) is 24.0. The molecule has 0 unspecified atom stereocenters. The van der Waals surface area contributed by atoms with E-state index in [2.05, 4.69) is 15.0 Å². The Labute approximate surface area is 195 Å². The van der Waals surface area contributed by atoms with E-state index in [-0.39, 0.29) is 18.2 Å². The number of esters is 2. The number of nitrogens with zero attached hydrogens (tertiary/aromatic N) is 2. The van der Waals surface area contributed by atoms with Crippen LogP contribution in [0.1, 0.15) is 34.1 Å². The lowest BCUT2D eigenvalue weighted by Crippen LogP contribution is -2.30. The molecule has 0 spiro atoms. The van der Waals surface area contributed by atoms with Crippen LogP contribution in [0.2, 0.25) is 0 Å². The van der Waals surface area contributed by atoms with E-state index in [0.29, 0.717) is 34.3 Å². The third kappa shape index (κ3) is 5.98. The standard InChI is InChI=1S/C23H23N3O6S/c1-4-32-22(30)15-7-11-17(12-8-15)25-23-26(2)20(28)18(33-23)13-19(27)24-16-9-5-14(6-10-16)21(29)31-3/h5-12,18H,4,13H2,1-3H3,(H,24,27)/t18-/m1/s1. The molecule has 1 N–H and O–H groups in total. The zero-order valence-electron chi connectivity index (χ0n) is 18.4. The molecule has 1 heterocycles. The van der Waals surface area contributed by atoms with Gasteiger partial charge in [0.2, 0.25) is 11.8 Å². The lowest BCUT2D eigenvalue weighted by molar-refractivity contribution is -0.127. The summed E-state index contributed by atoms with van der Waals surface area (Å²) in [4.78, 5) is 54.2. The largest absolute Gasteiger partial charge is 0.465 e. The average molecular weight is 470 g/mol. The number of anilines is 1. The number of nitrogens with one attached hydrogen (secondary N) is 1. The normalized spacial score (nSPS) is 16.6. The summed E-state index contributed by atoms with van der Waals surface area (Å²) in [5, 5.41) is 2.57. The summed E-state index contributed by atoms with van der Waals surface area (Å²) >= 11 is 1.20. The number of amides is 2. The van der Waals surface area contributed by atoms with E-state index in [9.17, 15) is 19.2 Å². The minimum atomic E-state index is -0.609. The van der Waals surface area contributed by atoms with E-state index in [1.54, 1.807) is 62.5 Å². The van der Waals surface area contributed by atoms with Crippen molar-refractivity contribution >= 4 is 52.1 Å². The van der Waals surface area contributed by atoms with Gasteiger partial charge in [-0.05, 0) is 55.5 Å². The molecule has 1 aliphatic heterocycles. The average Bonchev–Trinajstić information content (AvgIpc) is 3.07. The van der Waals surface area contributed by atoms with Crippen LogP contribution in [-0.2, 0) is 19.1 Å². The first-order valence-corrected chi connectivity index (χ1v) is 11.0. The fourth-order valence-electron chi connectivity index (χ4n) is 2.98. The van der Waals surface area contributed by atoms with E-state index >= 15 is 0 Å². The van der Waals surface area contributed by atoms with Crippen LogP contribution in [0.4, 0.5) is 11.4 Å². The van der Waals surface area contributed by atoms with Crippen LogP contribution in [-0.4, -0.2) is 59.8 Å². The number of carbonyl (C=O) groups is 4. The summed E-state index contributed by atoms with van der Waals surface area (Å²) in [5.74, 6) is -1.44. The number of hydrogen-bond donors (Lipinski definition) is 1. The smallest absolute Gasteiger partial charge is 0.338 e. The van der Waals surface area contributed by atoms with Crippen LogP contribution in [0, 0.1) is 0 Å². The Morgan fingerprint density at radius 3 is 2.24 bits per heavy atom. The number of carbonyl (C=O) groups excluding carboxylic acids is 4. The van der Waals surface area contributed by atoms with Crippen LogP contribution in [0.25, 0.3) is 0 Å². The van der Waals surface area contributed by atoms with Gasteiger partial charge < -0.3 is 14.8 Å². The van der Waals surface area contributed by atoms with Gasteiger partial charge in [-0.1, -0.05) is 11.8 Å². The Morgan fingerprint density at radius 2 is 1.64 bits per heavy atom. The molecule has 1 fully saturated rings. The predicted octanol–water partition coefficient (Wildman–Crippen LogP) is 3.24. The maximum absolute atomic E-state index is 12.6. The predicted molar refractivity (Wildman–Crippen MR) is 125 cm³/mol. The molecule has 10 heteroatoms. The SMILES string of the molecule is CCOC(=O)c1ccc(N=C2S[C@H](CC(=O)Nc3ccc(C(=O)OC)cc3)C(=O)N2C)cc1. The molecule has 0 aromatic heterocycles. The molecular formula is C23H23N3O6S. The lowest BCUT2D eigenvalue weighted by atomic mass is 10.2. The van der Waals surface area contributed by atoms with Gasteiger partial charge in [0.1, 0.15) is 5.25 Å². The fraction of sp³-hybridized carbons (Fsp3) is 0.261. The Balaban J connectivity index is 1.61. The topological polar surface area (TPSA) is 114 Å². The first kappa shape index (κ1) is 24.0. The summed E-state index contributed by atoms with van der Waals surface area (Å²) in [5.41, 5.74) is 1.86. The Morgan fingerprint density at radius 1 is 1.03 bits per heavy atom. The molecule has 0 bridgehead atoms. The maximum atomic E-state index is 12.6. The minimum absolute atomic E-state index is 0.0343. The Kier molecular flexibility index (Phi) is 7.83. The minimum Gasteiger partial charge on any atom is -0.465 e. The second-order valence-electron chi connectivity index (χ2n) is 6.99. The molecule has 1 atom stereocenters. The molecule has 2 aromatic rings. The van der Waals surface area contributed by atoms with E-state index in [4.69, 9.17) is 4.74 Å². The second-order valence-corrected chi connectivity index (χ2v) is 8.16. The lowest BCUT2D eigenvalue weighted by Gasteiger charge is -2.09. The first-order valence-electron chi connectivity index (χ1n) is 10.1. The zero-order valence-corrected chi connectivity index (χ0v) is 19.2. The highest BCUT2D eigenvalue weighted by Crippen LogP contribution is 2.31. The van der Waals surface area contributed by atoms with Gasteiger partial charge in [0, 0.05) is 19.2 Å². The number of aliphatic imine (C=N–C) groups is 1. The van der Waals surface area contributed by atoms with E-state index < -0.39 is 17.2 Å². The second kappa shape index (κ2) is 10.8. The molecule has 2 amide bonds. The van der Waals surface area contributed by atoms with Gasteiger partial charge in [-0.25, -0.2) is 14.6 Å². The van der Waals surface area contributed by atoms with Crippen LogP contribution >= 0.6 is 11.8 Å². The molecule has 0 saturated carbocycles. The van der Waals surface area contributed by atoms with Gasteiger partial charge in [0.15, 0.2) is 5.17 Å². The summed E-state index contributed by atoms with van der Waals surface area (Å²) in [6.07, 6.45) is -0.0343. The van der Waals surface area contributed by atoms with Crippen molar-refractivity contribution < 1.29 is 28.7 Å². The highest BCUT2D eigenvalue weighted by atomic mass is 32.2. The van der Waals surface area contributed by atoms with Crippen molar-refractivity contribution in [2.24, 2.45) is 4.99 Å². The molecule has 9 nitrogen and oxygen atoms in total. The van der Waals surface area contributed by atoms with Crippen molar-refractivity contribution in [3.8, 4) is 0 Å². The number of amidine groups is 1. The van der Waals surface area contributed by atoms with Crippen molar-refractivity contribution in [3.63, 3.8) is 0 Å². The monoisotopic (exact) mass is 469 g/mol. The van der Waals surface area contributed by atoms with Crippen LogP contribution < -0.4 is 5.32 Å². The fourth-order valence-corrected chi connectivity index (χ4v) is 4.14. The number of benzene rings is 2. The van der Waals surface area contributed by atoms with Gasteiger partial charge >= 0.3 is 11.9 Å². The van der Waals surface area contributed by atoms with Gasteiger partial charge in [-0.2, -0.15) is 0 Å². The van der Waals surface area contributed by atoms with Gasteiger partial charge in [-0.15, -0.1) is 0 Å².